The van der Waals surface area contributed by atoms with Gasteiger partial charge in [0.1, 0.15) is 0 Å². The summed E-state index contributed by atoms with van der Waals surface area (Å²) in [5, 5.41) is 1.97. The molecule has 0 aliphatic carbocycles. The van der Waals surface area contributed by atoms with E-state index in [4.69, 9.17) is 0 Å². The van der Waals surface area contributed by atoms with E-state index in [0.717, 1.165) is 27.0 Å². The number of ketones is 1. The molecule has 2 heterocycles. The zero-order chi connectivity index (χ0) is 12.3. The molecule has 2 aromatic rings. The Morgan fingerprint density at radius 3 is 2.88 bits per heavy atom. The highest BCUT2D eigenvalue weighted by atomic mass is 79.9. The smallest absolute Gasteiger partial charge is 0.178 e. The third-order valence-electron chi connectivity index (χ3n) is 2.51. The maximum atomic E-state index is 12.1. The minimum absolute atomic E-state index is 0.159. The van der Waals surface area contributed by atoms with Crippen LogP contribution in [0.15, 0.2) is 34.2 Å². The Labute approximate surface area is 113 Å². The lowest BCUT2D eigenvalue weighted by molar-refractivity contribution is 0.0995. The van der Waals surface area contributed by atoms with Crippen LogP contribution < -0.4 is 0 Å². The van der Waals surface area contributed by atoms with Crippen LogP contribution in [0.4, 0.5) is 0 Å². The van der Waals surface area contributed by atoms with Crippen LogP contribution in [0.5, 0.6) is 0 Å². The van der Waals surface area contributed by atoms with Crippen molar-refractivity contribution in [3.8, 4) is 0 Å². The molecule has 0 aromatic carbocycles. The van der Waals surface area contributed by atoms with Gasteiger partial charge in [-0.15, -0.1) is 11.3 Å². The van der Waals surface area contributed by atoms with Gasteiger partial charge < -0.3 is 0 Å². The number of pyridine rings is 1. The number of rotatable bonds is 4. The number of nitrogens with zero attached hydrogens (tertiary/aromatic N) is 1. The van der Waals surface area contributed by atoms with Gasteiger partial charge >= 0.3 is 0 Å². The van der Waals surface area contributed by atoms with Crippen molar-refractivity contribution in [2.24, 2.45) is 0 Å². The Kier molecular flexibility index (Phi) is 4.07. The van der Waals surface area contributed by atoms with Crippen LogP contribution in [0, 0.1) is 0 Å². The molecule has 0 bridgehead atoms. The van der Waals surface area contributed by atoms with Crippen molar-refractivity contribution >= 4 is 33.0 Å². The van der Waals surface area contributed by atoms with Gasteiger partial charge in [-0.3, -0.25) is 9.78 Å². The SMILES string of the molecule is CCc1ccsc1C(=O)Cc1ccc(Br)cn1. The molecule has 0 N–H and O–H groups in total. The van der Waals surface area contributed by atoms with E-state index < -0.39 is 0 Å². The maximum Gasteiger partial charge on any atom is 0.178 e. The molecular weight excluding hydrogens is 298 g/mol. The number of carbonyl (C=O) groups excluding carboxylic acids is 1. The van der Waals surface area contributed by atoms with E-state index in [9.17, 15) is 4.79 Å². The Morgan fingerprint density at radius 2 is 2.24 bits per heavy atom. The van der Waals surface area contributed by atoms with Gasteiger partial charge in [0, 0.05) is 16.4 Å². The summed E-state index contributed by atoms with van der Waals surface area (Å²) in [6.07, 6.45) is 3.00. The Bertz CT molecular complexity index is 518. The molecule has 2 aromatic heterocycles. The van der Waals surface area contributed by atoms with Gasteiger partial charge in [-0.25, -0.2) is 0 Å². The normalized spacial score (nSPS) is 10.5. The highest BCUT2D eigenvalue weighted by Gasteiger charge is 2.13. The first-order valence-electron chi connectivity index (χ1n) is 5.40. The van der Waals surface area contributed by atoms with Gasteiger partial charge in [-0.05, 0) is 51.5 Å². The fraction of sp³-hybridized carbons (Fsp3) is 0.231. The number of hydrogen-bond donors (Lipinski definition) is 0. The van der Waals surface area contributed by atoms with Crippen LogP contribution in [0.2, 0.25) is 0 Å². The number of carbonyl (C=O) groups is 1. The summed E-state index contributed by atoms with van der Waals surface area (Å²) in [7, 11) is 0. The van der Waals surface area contributed by atoms with E-state index >= 15 is 0 Å². The molecule has 88 valence electrons. The molecule has 0 atom stereocenters. The Hall–Kier alpha value is -1.00. The molecule has 4 heteroatoms. The third kappa shape index (κ3) is 3.01. The van der Waals surface area contributed by atoms with Crippen molar-refractivity contribution in [2.75, 3.05) is 0 Å². The van der Waals surface area contributed by atoms with E-state index in [0.29, 0.717) is 6.42 Å². The fourth-order valence-electron chi connectivity index (χ4n) is 1.61. The molecule has 0 unspecified atom stereocenters. The minimum atomic E-state index is 0.159. The van der Waals surface area contributed by atoms with E-state index in [-0.39, 0.29) is 5.78 Å². The molecule has 17 heavy (non-hydrogen) atoms. The Balaban J connectivity index is 2.14. The highest BCUT2D eigenvalue weighted by Crippen LogP contribution is 2.19. The predicted molar refractivity (Wildman–Crippen MR) is 73.7 cm³/mol. The summed E-state index contributed by atoms with van der Waals surface area (Å²) < 4.78 is 0.930. The molecule has 0 fully saturated rings. The Morgan fingerprint density at radius 1 is 1.41 bits per heavy atom. The molecule has 2 nitrogen and oxygen atoms in total. The summed E-state index contributed by atoms with van der Waals surface area (Å²) >= 11 is 4.85. The fourth-order valence-corrected chi connectivity index (χ4v) is 2.78. The molecule has 0 spiro atoms. The van der Waals surface area contributed by atoms with Crippen molar-refractivity contribution in [1.82, 2.24) is 4.98 Å². The molecule has 0 saturated heterocycles. The van der Waals surface area contributed by atoms with E-state index in [1.165, 1.54) is 11.3 Å². The largest absolute Gasteiger partial charge is 0.293 e. The van der Waals surface area contributed by atoms with Crippen LogP contribution in [0.25, 0.3) is 0 Å². The van der Waals surface area contributed by atoms with Crippen molar-refractivity contribution in [3.63, 3.8) is 0 Å². The number of aromatic nitrogens is 1. The van der Waals surface area contributed by atoms with Crippen molar-refractivity contribution in [3.05, 3.63) is 50.4 Å². The average molecular weight is 310 g/mol. The van der Waals surface area contributed by atoms with Crippen LogP contribution in [0.1, 0.15) is 27.9 Å². The van der Waals surface area contributed by atoms with Crippen molar-refractivity contribution < 1.29 is 4.79 Å². The molecule has 0 radical (unpaired) electrons. The standard InChI is InChI=1S/C13H12BrNOS/c1-2-9-5-6-17-13(9)12(16)7-11-4-3-10(14)8-15-11/h3-6,8H,2,7H2,1H3. The number of halogens is 1. The summed E-state index contributed by atoms with van der Waals surface area (Å²) in [5.41, 5.74) is 1.95. The second-order valence-corrected chi connectivity index (χ2v) is 5.53. The second kappa shape index (κ2) is 5.56. The first-order valence-corrected chi connectivity index (χ1v) is 7.08. The lowest BCUT2D eigenvalue weighted by Crippen LogP contribution is -2.05. The molecule has 2 rings (SSSR count). The van der Waals surface area contributed by atoms with E-state index in [1.807, 2.05) is 23.6 Å². The first kappa shape index (κ1) is 12.5. The zero-order valence-electron chi connectivity index (χ0n) is 9.44. The van der Waals surface area contributed by atoms with Crippen LogP contribution in [0.3, 0.4) is 0 Å². The van der Waals surface area contributed by atoms with Gasteiger partial charge in [-0.1, -0.05) is 6.92 Å². The van der Waals surface area contributed by atoms with Crippen LogP contribution in [-0.2, 0) is 12.8 Å². The number of hydrogen-bond acceptors (Lipinski definition) is 3. The van der Waals surface area contributed by atoms with Gasteiger partial charge in [0.15, 0.2) is 5.78 Å². The summed E-state index contributed by atoms with van der Waals surface area (Å²) in [6, 6.07) is 5.80. The van der Waals surface area contributed by atoms with E-state index in [2.05, 4.69) is 27.8 Å². The van der Waals surface area contributed by atoms with Crippen molar-refractivity contribution in [1.29, 1.82) is 0 Å². The zero-order valence-corrected chi connectivity index (χ0v) is 11.8. The van der Waals surface area contributed by atoms with Gasteiger partial charge in [0.05, 0.1) is 11.3 Å². The summed E-state index contributed by atoms with van der Waals surface area (Å²) in [6.45, 7) is 2.07. The lowest BCUT2D eigenvalue weighted by Gasteiger charge is -2.01. The maximum absolute atomic E-state index is 12.1. The van der Waals surface area contributed by atoms with Gasteiger partial charge in [-0.2, -0.15) is 0 Å². The average Bonchev–Trinajstić information content (AvgIpc) is 2.80. The second-order valence-electron chi connectivity index (χ2n) is 3.70. The van der Waals surface area contributed by atoms with Crippen LogP contribution in [-0.4, -0.2) is 10.8 Å². The number of Topliss-reactive ketones (excluding diaryl/α,β-unsaturated/α-hetero) is 1. The molecule has 0 saturated carbocycles. The highest BCUT2D eigenvalue weighted by molar-refractivity contribution is 9.10. The van der Waals surface area contributed by atoms with Crippen LogP contribution >= 0.6 is 27.3 Å². The van der Waals surface area contributed by atoms with E-state index in [1.54, 1.807) is 6.20 Å². The minimum Gasteiger partial charge on any atom is -0.293 e. The first-order chi connectivity index (χ1) is 8.20. The number of aryl methyl sites for hydroxylation is 1. The molecular formula is C13H12BrNOS. The topological polar surface area (TPSA) is 30.0 Å². The van der Waals surface area contributed by atoms with Gasteiger partial charge in [0.2, 0.25) is 0 Å². The predicted octanol–water partition coefficient (Wildman–Crippen LogP) is 3.89. The van der Waals surface area contributed by atoms with Gasteiger partial charge in [0.25, 0.3) is 0 Å². The van der Waals surface area contributed by atoms with Crippen molar-refractivity contribution in [2.45, 2.75) is 19.8 Å². The molecule has 0 aliphatic heterocycles. The quantitative estimate of drug-likeness (QED) is 0.802. The monoisotopic (exact) mass is 309 g/mol. The molecule has 0 aliphatic rings. The molecule has 0 amide bonds. The summed E-state index contributed by atoms with van der Waals surface area (Å²) in [5.74, 6) is 0.159. The summed E-state index contributed by atoms with van der Waals surface area (Å²) in [4.78, 5) is 17.2. The third-order valence-corrected chi connectivity index (χ3v) is 3.98. The number of thiophene rings is 1. The lowest BCUT2D eigenvalue weighted by atomic mass is 10.1.